The molecule has 4 heteroatoms. The van der Waals surface area contributed by atoms with Crippen LogP contribution in [0.2, 0.25) is 0 Å². The van der Waals surface area contributed by atoms with Gasteiger partial charge < -0.3 is 9.67 Å². The van der Waals surface area contributed by atoms with Crippen molar-refractivity contribution in [2.24, 2.45) is 0 Å². The molecule has 0 saturated heterocycles. The molecule has 3 nitrogen and oxygen atoms in total. The van der Waals surface area contributed by atoms with Gasteiger partial charge >= 0.3 is 0 Å². The number of rotatable bonds is 3. The number of pyridine rings is 1. The molecule has 4 aromatic rings. The molecule has 25 heavy (non-hydrogen) atoms. The molecule has 0 unspecified atom stereocenters. The van der Waals surface area contributed by atoms with Crippen molar-refractivity contribution in [1.29, 1.82) is 0 Å². The van der Waals surface area contributed by atoms with E-state index < -0.39 is 7.14 Å². The number of aromatic hydroxyl groups is 1. The van der Waals surface area contributed by atoms with Crippen molar-refractivity contribution in [2.75, 3.05) is 0 Å². The van der Waals surface area contributed by atoms with Crippen LogP contribution in [0.25, 0.3) is 10.9 Å². The number of aromatic nitrogens is 1. The average Bonchev–Trinajstić information content (AvgIpc) is 2.68. The Labute approximate surface area is 146 Å². The molecular formula is C21H16NO2P. The molecule has 1 aromatic heterocycles. The highest BCUT2D eigenvalue weighted by atomic mass is 31.2. The van der Waals surface area contributed by atoms with Gasteiger partial charge in [-0.2, -0.15) is 0 Å². The summed E-state index contributed by atoms with van der Waals surface area (Å²) in [6, 6.07) is 27.6. The van der Waals surface area contributed by atoms with Crippen molar-refractivity contribution in [2.45, 2.75) is 0 Å². The lowest BCUT2D eigenvalue weighted by Crippen LogP contribution is -2.27. The van der Waals surface area contributed by atoms with Crippen molar-refractivity contribution >= 4 is 34.1 Å². The van der Waals surface area contributed by atoms with Gasteiger partial charge in [0.1, 0.15) is 5.75 Å². The first-order chi connectivity index (χ1) is 12.2. The predicted octanol–water partition coefficient (Wildman–Crippen LogP) is 3.58. The SMILES string of the molecule is O=P(c1ccccc1)(c1ccccc1)c1nc2ccccc2cc1O. The van der Waals surface area contributed by atoms with Crippen molar-refractivity contribution in [3.05, 3.63) is 91.0 Å². The number of nitrogens with zero attached hydrogens (tertiary/aromatic N) is 1. The molecule has 0 aliphatic rings. The molecule has 0 spiro atoms. The lowest BCUT2D eigenvalue weighted by Gasteiger charge is -2.20. The zero-order chi connectivity index (χ0) is 17.3. The minimum atomic E-state index is -3.28. The smallest absolute Gasteiger partial charge is 0.192 e. The molecule has 0 radical (unpaired) electrons. The highest BCUT2D eigenvalue weighted by Gasteiger charge is 2.34. The van der Waals surface area contributed by atoms with Gasteiger partial charge in [0, 0.05) is 16.0 Å². The van der Waals surface area contributed by atoms with Crippen LogP contribution in [-0.4, -0.2) is 10.1 Å². The topological polar surface area (TPSA) is 50.2 Å². The Morgan fingerprint density at radius 2 is 1.24 bits per heavy atom. The second-order valence-corrected chi connectivity index (χ2v) is 8.48. The Morgan fingerprint density at radius 1 is 0.720 bits per heavy atom. The third-order valence-corrected chi connectivity index (χ3v) is 7.20. The van der Waals surface area contributed by atoms with Crippen molar-refractivity contribution in [3.8, 4) is 5.75 Å². The fraction of sp³-hybridized carbons (Fsp3) is 0. The zero-order valence-corrected chi connectivity index (χ0v) is 14.3. The van der Waals surface area contributed by atoms with Crippen LogP contribution in [0.3, 0.4) is 0 Å². The van der Waals surface area contributed by atoms with Gasteiger partial charge in [-0.1, -0.05) is 78.9 Å². The van der Waals surface area contributed by atoms with Crippen LogP contribution >= 0.6 is 7.14 Å². The molecule has 0 amide bonds. The molecular weight excluding hydrogens is 329 g/mol. The molecule has 4 rings (SSSR count). The third kappa shape index (κ3) is 2.63. The summed E-state index contributed by atoms with van der Waals surface area (Å²) < 4.78 is 14.3. The summed E-state index contributed by atoms with van der Waals surface area (Å²) in [7, 11) is -3.28. The normalized spacial score (nSPS) is 11.5. The van der Waals surface area contributed by atoms with E-state index >= 15 is 0 Å². The molecule has 122 valence electrons. The Kier molecular flexibility index (Phi) is 3.87. The van der Waals surface area contributed by atoms with Crippen LogP contribution in [-0.2, 0) is 4.57 Å². The highest BCUT2D eigenvalue weighted by molar-refractivity contribution is 7.85. The predicted molar refractivity (Wildman–Crippen MR) is 103 cm³/mol. The average molecular weight is 345 g/mol. The van der Waals surface area contributed by atoms with Gasteiger partial charge in [0.25, 0.3) is 0 Å². The molecule has 1 heterocycles. The van der Waals surface area contributed by atoms with E-state index in [1.807, 2.05) is 84.9 Å². The van der Waals surface area contributed by atoms with Crippen molar-refractivity contribution < 1.29 is 9.67 Å². The molecule has 0 aliphatic heterocycles. The standard InChI is InChI=1S/C21H16NO2P/c23-20-15-16-9-7-8-14-19(16)22-21(20)25(24,17-10-3-1-4-11-17)18-12-5-2-6-13-18/h1-15,23H. The van der Waals surface area contributed by atoms with E-state index in [9.17, 15) is 9.67 Å². The van der Waals surface area contributed by atoms with Crippen LogP contribution in [0.15, 0.2) is 91.0 Å². The van der Waals surface area contributed by atoms with E-state index in [0.29, 0.717) is 16.1 Å². The first-order valence-corrected chi connectivity index (χ1v) is 9.71. The van der Waals surface area contributed by atoms with Crippen LogP contribution in [0.4, 0.5) is 0 Å². The first kappa shape index (κ1) is 15.6. The summed E-state index contributed by atoms with van der Waals surface area (Å²) in [5.74, 6) is -0.0465. The lowest BCUT2D eigenvalue weighted by atomic mass is 10.2. The van der Waals surface area contributed by atoms with Gasteiger partial charge in [0.05, 0.1) is 5.52 Å². The van der Waals surface area contributed by atoms with Crippen LogP contribution < -0.4 is 16.0 Å². The molecule has 0 fully saturated rings. The Bertz CT molecular complexity index is 1040. The van der Waals surface area contributed by atoms with E-state index in [1.54, 1.807) is 6.07 Å². The van der Waals surface area contributed by atoms with Gasteiger partial charge in [-0.05, 0) is 12.1 Å². The molecule has 3 aromatic carbocycles. The minimum absolute atomic E-state index is 0.0465. The molecule has 1 N–H and O–H groups in total. The number of hydrogen-bond donors (Lipinski definition) is 1. The molecule has 0 saturated carbocycles. The van der Waals surface area contributed by atoms with Crippen LogP contribution in [0, 0.1) is 0 Å². The fourth-order valence-corrected chi connectivity index (χ4v) is 5.60. The number of fused-ring (bicyclic) bond motifs is 1. The number of para-hydroxylation sites is 1. The van der Waals surface area contributed by atoms with Crippen molar-refractivity contribution in [1.82, 2.24) is 4.98 Å². The van der Waals surface area contributed by atoms with E-state index in [2.05, 4.69) is 4.98 Å². The maximum atomic E-state index is 14.3. The second-order valence-electron chi connectivity index (χ2n) is 5.80. The Hall–Kier alpha value is -2.90. The Balaban J connectivity index is 2.06. The summed E-state index contributed by atoms with van der Waals surface area (Å²) in [6.45, 7) is 0. The molecule has 0 atom stereocenters. The van der Waals surface area contributed by atoms with Crippen LogP contribution in [0.5, 0.6) is 5.75 Å². The Morgan fingerprint density at radius 3 is 1.84 bits per heavy atom. The maximum Gasteiger partial charge on any atom is 0.192 e. The lowest BCUT2D eigenvalue weighted by molar-refractivity contribution is 0.478. The fourth-order valence-electron chi connectivity index (χ4n) is 3.00. The van der Waals surface area contributed by atoms with Crippen molar-refractivity contribution in [3.63, 3.8) is 0 Å². The molecule has 0 bridgehead atoms. The second kappa shape index (κ2) is 6.19. The van der Waals surface area contributed by atoms with Gasteiger partial charge in [-0.25, -0.2) is 4.98 Å². The largest absolute Gasteiger partial charge is 0.505 e. The summed E-state index contributed by atoms with van der Waals surface area (Å²) in [4.78, 5) is 4.59. The zero-order valence-electron chi connectivity index (χ0n) is 13.4. The molecule has 0 aliphatic carbocycles. The number of benzene rings is 3. The van der Waals surface area contributed by atoms with Gasteiger partial charge in [0.2, 0.25) is 0 Å². The maximum absolute atomic E-state index is 14.3. The first-order valence-electron chi connectivity index (χ1n) is 8.00. The van der Waals surface area contributed by atoms with E-state index in [0.717, 1.165) is 5.39 Å². The summed E-state index contributed by atoms with van der Waals surface area (Å²) in [6.07, 6.45) is 0. The summed E-state index contributed by atoms with van der Waals surface area (Å²) in [5.41, 5.74) is 0.936. The quantitative estimate of drug-likeness (QED) is 0.578. The summed E-state index contributed by atoms with van der Waals surface area (Å²) >= 11 is 0. The minimum Gasteiger partial charge on any atom is -0.505 e. The highest BCUT2D eigenvalue weighted by Crippen LogP contribution is 2.44. The van der Waals surface area contributed by atoms with Crippen LogP contribution in [0.1, 0.15) is 0 Å². The van der Waals surface area contributed by atoms with Gasteiger partial charge in [0.15, 0.2) is 12.6 Å². The van der Waals surface area contributed by atoms with Gasteiger partial charge in [-0.15, -0.1) is 0 Å². The van der Waals surface area contributed by atoms with E-state index in [4.69, 9.17) is 0 Å². The third-order valence-electron chi connectivity index (χ3n) is 4.22. The van der Waals surface area contributed by atoms with Gasteiger partial charge in [-0.3, -0.25) is 0 Å². The van der Waals surface area contributed by atoms with E-state index in [1.165, 1.54) is 0 Å². The summed E-state index contributed by atoms with van der Waals surface area (Å²) in [5, 5.41) is 12.8. The monoisotopic (exact) mass is 345 g/mol. The van der Waals surface area contributed by atoms with E-state index in [-0.39, 0.29) is 11.2 Å². The number of hydrogen-bond acceptors (Lipinski definition) is 3.